The number of carbonyl (C=O) groups excluding carboxylic acids is 1. The van der Waals surface area contributed by atoms with Gasteiger partial charge in [0.25, 0.3) is 5.56 Å². The maximum absolute atomic E-state index is 14.0. The second kappa shape index (κ2) is 9.45. The smallest absolute Gasteiger partial charge is 0.320 e. The molecule has 4 heterocycles. The summed E-state index contributed by atoms with van der Waals surface area (Å²) in [6.45, 7) is 3.32. The lowest BCUT2D eigenvalue weighted by atomic mass is 9.66. The lowest BCUT2D eigenvalue weighted by Gasteiger charge is -2.53. The molecule has 2 aliphatic carbocycles. The molecule has 2 amide bonds. The molecule has 1 spiro atoms. The summed E-state index contributed by atoms with van der Waals surface area (Å²) in [7, 11) is 0. The van der Waals surface area contributed by atoms with Crippen LogP contribution in [0, 0.1) is 5.41 Å². The fraction of sp³-hybridized carbons (Fsp3) is 0.586. The molecule has 0 radical (unpaired) electrons. The molecule has 4 aliphatic rings. The molecule has 10 nitrogen and oxygen atoms in total. The van der Waals surface area contributed by atoms with Crippen LogP contribution in [-0.4, -0.2) is 78.6 Å². The first-order valence-electron chi connectivity index (χ1n) is 14.4. The van der Waals surface area contributed by atoms with Crippen molar-refractivity contribution in [1.29, 1.82) is 0 Å². The van der Waals surface area contributed by atoms with E-state index < -0.39 is 11.0 Å². The highest BCUT2D eigenvalue weighted by Crippen LogP contribution is 2.52. The number of nitrogens with zero attached hydrogens (tertiary/aromatic N) is 6. The van der Waals surface area contributed by atoms with Gasteiger partial charge in [0.2, 0.25) is 0 Å². The Bertz CT molecular complexity index is 1430. The summed E-state index contributed by atoms with van der Waals surface area (Å²) >= 11 is 0. The topological polar surface area (TPSA) is 109 Å². The zero-order valence-electron chi connectivity index (χ0n) is 22.3. The lowest BCUT2D eigenvalue weighted by Crippen LogP contribution is -2.64. The van der Waals surface area contributed by atoms with Crippen molar-refractivity contribution >= 4 is 17.1 Å². The zero-order valence-corrected chi connectivity index (χ0v) is 22.3. The number of nitrogens with one attached hydrogen (secondary N) is 1. The van der Waals surface area contributed by atoms with Crippen molar-refractivity contribution in [3.63, 3.8) is 0 Å². The normalized spacial score (nSPS) is 26.9. The number of carbonyl (C=O) groups is 1. The van der Waals surface area contributed by atoms with Gasteiger partial charge in [-0.3, -0.25) is 9.36 Å². The number of fused-ring (bicyclic) bond motifs is 1. The van der Waals surface area contributed by atoms with E-state index >= 15 is 0 Å². The maximum atomic E-state index is 14.0. The van der Waals surface area contributed by atoms with E-state index in [4.69, 9.17) is 0 Å². The number of piperidine rings is 1. The molecule has 3 aromatic rings. The van der Waals surface area contributed by atoms with Crippen molar-refractivity contribution in [2.24, 2.45) is 5.41 Å². The van der Waals surface area contributed by atoms with E-state index in [2.05, 4.69) is 27.5 Å². The van der Waals surface area contributed by atoms with Gasteiger partial charge in [-0.15, -0.1) is 0 Å². The summed E-state index contributed by atoms with van der Waals surface area (Å²) < 4.78 is 3.43. The largest absolute Gasteiger partial charge is 0.387 e. The Hall–Kier alpha value is -3.24. The van der Waals surface area contributed by atoms with Crippen LogP contribution in [0.25, 0.3) is 11.0 Å². The summed E-state index contributed by atoms with van der Waals surface area (Å²) in [6.07, 6.45) is 9.50. The van der Waals surface area contributed by atoms with Crippen LogP contribution in [0.1, 0.15) is 62.6 Å². The van der Waals surface area contributed by atoms with Crippen LogP contribution in [0.3, 0.4) is 0 Å². The molecule has 206 valence electrons. The third kappa shape index (κ3) is 4.15. The van der Waals surface area contributed by atoms with Crippen molar-refractivity contribution < 1.29 is 9.90 Å². The van der Waals surface area contributed by atoms with E-state index in [0.717, 1.165) is 57.2 Å². The van der Waals surface area contributed by atoms with Crippen LogP contribution in [0.15, 0.2) is 47.7 Å². The number of hydrogen-bond donors (Lipinski definition) is 2. The standard InChI is InChI=1S/C29H37N7O3/c37-26-23-16-32-36(22-8-9-22)25(23)31-20-34(26)19-29(39)12-14-33(18-28(29)10-4-5-11-28)27(38)35-15-13-30-17-24(35)21-6-2-1-3-7-21/h1-3,6-7,16,20,22,24,30,39H,4-5,8-15,17-19H2/t24-,29?/m0/s1. The Kier molecular flexibility index (Phi) is 6.00. The van der Waals surface area contributed by atoms with Gasteiger partial charge >= 0.3 is 6.03 Å². The molecule has 2 aromatic heterocycles. The average molecular weight is 532 g/mol. The number of piperazine rings is 1. The van der Waals surface area contributed by atoms with Gasteiger partial charge in [-0.2, -0.15) is 5.10 Å². The third-order valence-electron chi connectivity index (χ3n) is 9.69. The highest BCUT2D eigenvalue weighted by atomic mass is 16.3. The number of urea groups is 1. The van der Waals surface area contributed by atoms with Crippen LogP contribution in [-0.2, 0) is 6.54 Å². The minimum Gasteiger partial charge on any atom is -0.387 e. The molecule has 0 bridgehead atoms. The Labute approximate surface area is 227 Å². The zero-order chi connectivity index (χ0) is 26.6. The van der Waals surface area contributed by atoms with Gasteiger partial charge in [-0.1, -0.05) is 43.2 Å². The number of benzene rings is 1. The van der Waals surface area contributed by atoms with E-state index in [1.165, 1.54) is 0 Å². The van der Waals surface area contributed by atoms with Crippen molar-refractivity contribution in [2.75, 3.05) is 32.7 Å². The molecule has 1 aromatic carbocycles. The Morgan fingerprint density at radius 2 is 1.90 bits per heavy atom. The van der Waals surface area contributed by atoms with Gasteiger partial charge < -0.3 is 20.2 Å². The fourth-order valence-electron chi connectivity index (χ4n) is 7.30. The number of amides is 2. The maximum Gasteiger partial charge on any atom is 0.320 e. The van der Waals surface area contributed by atoms with Crippen molar-refractivity contribution in [3.05, 3.63) is 58.8 Å². The van der Waals surface area contributed by atoms with Crippen LogP contribution in [0.4, 0.5) is 4.79 Å². The van der Waals surface area contributed by atoms with Gasteiger partial charge in [0.1, 0.15) is 11.7 Å². The van der Waals surface area contributed by atoms with Gasteiger partial charge in [0, 0.05) is 38.1 Å². The molecule has 10 heteroatoms. The molecular formula is C29H37N7O3. The van der Waals surface area contributed by atoms with Gasteiger partial charge in [-0.05, 0) is 37.7 Å². The molecule has 2 saturated heterocycles. The molecule has 7 rings (SSSR count). The summed E-state index contributed by atoms with van der Waals surface area (Å²) in [6, 6.07) is 10.6. The molecule has 2 atom stereocenters. The minimum atomic E-state index is -1.09. The Balaban J connectivity index is 1.14. The summed E-state index contributed by atoms with van der Waals surface area (Å²) in [4.78, 5) is 36.0. The van der Waals surface area contributed by atoms with E-state index in [1.54, 1.807) is 17.1 Å². The van der Waals surface area contributed by atoms with Crippen LogP contribution < -0.4 is 10.9 Å². The SMILES string of the molecule is O=C(N1CCC(O)(Cn2cnc3c(cnn3C3CC3)c2=O)C2(CCCC2)C1)N1CCNC[C@H]1c1ccccc1. The number of hydrogen-bond acceptors (Lipinski definition) is 6. The van der Waals surface area contributed by atoms with Crippen LogP contribution >= 0.6 is 0 Å². The molecule has 39 heavy (non-hydrogen) atoms. The number of aromatic nitrogens is 4. The van der Waals surface area contributed by atoms with Crippen molar-refractivity contribution in [1.82, 2.24) is 34.4 Å². The lowest BCUT2D eigenvalue weighted by molar-refractivity contribution is -0.136. The highest BCUT2D eigenvalue weighted by Gasteiger charge is 2.56. The molecule has 2 N–H and O–H groups in total. The second-order valence-electron chi connectivity index (χ2n) is 12.0. The molecular weight excluding hydrogens is 494 g/mol. The average Bonchev–Trinajstić information content (AvgIpc) is 3.53. The second-order valence-corrected chi connectivity index (χ2v) is 12.0. The quantitative estimate of drug-likeness (QED) is 0.536. The summed E-state index contributed by atoms with van der Waals surface area (Å²) in [5, 5.41) is 20.6. The van der Waals surface area contributed by atoms with Crippen LogP contribution in [0.5, 0.6) is 0 Å². The minimum absolute atomic E-state index is 0.0132. The predicted octanol–water partition coefficient (Wildman–Crippen LogP) is 2.69. The van der Waals surface area contributed by atoms with E-state index in [1.807, 2.05) is 32.7 Å². The number of rotatable bonds is 4. The van der Waals surface area contributed by atoms with Gasteiger partial charge in [0.05, 0.1) is 30.4 Å². The van der Waals surface area contributed by atoms with Crippen LogP contribution in [0.2, 0.25) is 0 Å². The monoisotopic (exact) mass is 531 g/mol. The fourth-order valence-corrected chi connectivity index (χ4v) is 7.30. The molecule has 4 fully saturated rings. The molecule has 2 saturated carbocycles. The van der Waals surface area contributed by atoms with E-state index in [-0.39, 0.29) is 24.2 Å². The van der Waals surface area contributed by atoms with E-state index in [0.29, 0.717) is 43.1 Å². The first-order chi connectivity index (χ1) is 19.0. The van der Waals surface area contributed by atoms with Crippen molar-refractivity contribution in [2.45, 2.75) is 69.2 Å². The Morgan fingerprint density at radius 3 is 2.67 bits per heavy atom. The van der Waals surface area contributed by atoms with Crippen molar-refractivity contribution in [3.8, 4) is 0 Å². The summed E-state index contributed by atoms with van der Waals surface area (Å²) in [5.74, 6) is 0. The summed E-state index contributed by atoms with van der Waals surface area (Å²) in [5.41, 5.74) is 0.0801. The first kappa shape index (κ1) is 24.8. The third-order valence-corrected chi connectivity index (χ3v) is 9.69. The van der Waals surface area contributed by atoms with Gasteiger partial charge in [0.15, 0.2) is 5.65 Å². The number of likely N-dealkylation sites (tertiary alicyclic amines) is 1. The Morgan fingerprint density at radius 1 is 1.10 bits per heavy atom. The number of aliphatic hydroxyl groups is 1. The van der Waals surface area contributed by atoms with E-state index in [9.17, 15) is 14.7 Å². The molecule has 2 aliphatic heterocycles. The highest BCUT2D eigenvalue weighted by molar-refractivity contribution is 5.76. The first-order valence-corrected chi connectivity index (χ1v) is 14.4. The predicted molar refractivity (Wildman–Crippen MR) is 146 cm³/mol. The molecule has 1 unspecified atom stereocenters. The van der Waals surface area contributed by atoms with Gasteiger partial charge in [-0.25, -0.2) is 14.5 Å².